The second-order valence-electron chi connectivity index (χ2n) is 10.1. The van der Waals surface area contributed by atoms with Crippen molar-refractivity contribution in [3.8, 4) is 5.75 Å². The molecular weight excluding hydrogens is 488 g/mol. The van der Waals surface area contributed by atoms with Gasteiger partial charge in [0.15, 0.2) is 0 Å². The minimum absolute atomic E-state index is 0.0447. The lowest BCUT2D eigenvalue weighted by Crippen LogP contribution is -2.46. The van der Waals surface area contributed by atoms with Crippen LogP contribution in [0, 0.1) is 5.92 Å². The Bertz CT molecular complexity index is 1010. The normalized spacial score (nSPS) is 17.8. The fourth-order valence-electron chi connectivity index (χ4n) is 4.83. The number of rotatable bonds is 7. The molecule has 1 atom stereocenters. The van der Waals surface area contributed by atoms with Crippen molar-refractivity contribution in [1.29, 1.82) is 0 Å². The first-order valence-electron chi connectivity index (χ1n) is 13.4. The molecule has 0 N–H and O–H groups in total. The number of para-hydroxylation sites is 1. The summed E-state index contributed by atoms with van der Waals surface area (Å²) in [4.78, 5) is 31.0. The maximum atomic E-state index is 13.6. The molecule has 3 rings (SSSR count). The predicted octanol–water partition coefficient (Wildman–Crippen LogP) is 5.87. The number of ether oxygens (including phenoxy) is 2. The first kappa shape index (κ1) is 29.0. The van der Waals surface area contributed by atoms with Crippen LogP contribution in [-0.4, -0.2) is 67.6 Å². The van der Waals surface area contributed by atoms with Crippen LogP contribution < -0.4 is 4.74 Å². The van der Waals surface area contributed by atoms with Crippen molar-refractivity contribution in [3.05, 3.63) is 64.7 Å². The van der Waals surface area contributed by atoms with Crippen LogP contribution >= 0.6 is 11.6 Å². The highest BCUT2D eigenvalue weighted by atomic mass is 35.5. The summed E-state index contributed by atoms with van der Waals surface area (Å²) in [7, 11) is 1.65. The molecule has 202 valence electrons. The topological polar surface area (TPSA) is 59.1 Å². The Morgan fingerprint density at radius 3 is 2.49 bits per heavy atom. The van der Waals surface area contributed by atoms with Gasteiger partial charge in [0, 0.05) is 31.8 Å². The highest BCUT2D eigenvalue weighted by Gasteiger charge is 2.27. The smallest absolute Gasteiger partial charge is 0.257 e. The molecule has 0 aliphatic carbocycles. The molecule has 6 nitrogen and oxygen atoms in total. The molecule has 0 fully saturated rings. The summed E-state index contributed by atoms with van der Waals surface area (Å²) in [5, 5.41) is 0.611. The molecule has 37 heavy (non-hydrogen) atoms. The van der Waals surface area contributed by atoms with Gasteiger partial charge in [-0.2, -0.15) is 0 Å². The summed E-state index contributed by atoms with van der Waals surface area (Å²) >= 11 is 6.38. The molecule has 0 unspecified atom stereocenters. The minimum atomic E-state index is -0.106. The summed E-state index contributed by atoms with van der Waals surface area (Å²) in [5.74, 6) is 0.949. The molecule has 0 saturated carbocycles. The number of hydrogen-bond donors (Lipinski definition) is 0. The van der Waals surface area contributed by atoms with Crippen LogP contribution in [0.15, 0.2) is 48.5 Å². The zero-order valence-corrected chi connectivity index (χ0v) is 23.2. The summed E-state index contributed by atoms with van der Waals surface area (Å²) in [6, 6.07) is 14.8. The number of carbonyl (C=O) groups is 2. The zero-order chi connectivity index (χ0) is 26.6. The summed E-state index contributed by atoms with van der Waals surface area (Å²) < 4.78 is 11.6. The number of benzene rings is 2. The third-order valence-corrected chi connectivity index (χ3v) is 7.15. The Balaban J connectivity index is 1.88. The summed E-state index contributed by atoms with van der Waals surface area (Å²) in [6.07, 6.45) is 4.87. The van der Waals surface area contributed by atoms with E-state index in [1.807, 2.05) is 58.3 Å². The zero-order valence-electron chi connectivity index (χ0n) is 22.5. The predicted molar refractivity (Wildman–Crippen MR) is 148 cm³/mol. The average Bonchev–Trinajstić information content (AvgIpc) is 2.88. The van der Waals surface area contributed by atoms with E-state index in [2.05, 4.69) is 13.8 Å². The Kier molecular flexibility index (Phi) is 11.7. The Morgan fingerprint density at radius 2 is 1.76 bits per heavy atom. The summed E-state index contributed by atoms with van der Waals surface area (Å²) in [5.41, 5.74) is 1.39. The number of fused-ring (bicyclic) bond motifs is 1. The molecule has 1 aliphatic heterocycles. The molecule has 0 bridgehead atoms. The minimum Gasteiger partial charge on any atom is -0.491 e. The Labute approximate surface area is 226 Å². The fraction of sp³-hybridized carbons (Fsp3) is 0.533. The first-order valence-corrected chi connectivity index (χ1v) is 13.8. The average molecular weight is 529 g/mol. The monoisotopic (exact) mass is 528 g/mol. The third-order valence-electron chi connectivity index (χ3n) is 6.78. The standard InChI is InChI=1S/C30H41ClN2O4/c1-23(2)20-25-22-37-28-15-9-7-13-26(28)30(35)32(18-19-36-3)16-10-4-5-11-17-33(25)29(34)21-24-12-6-8-14-27(24)31/h6-9,12-15,23,25H,4-5,10-11,16-22H2,1-3H3/t25-/m0/s1. The molecule has 0 radical (unpaired) electrons. The number of hydrogen-bond acceptors (Lipinski definition) is 4. The number of halogens is 1. The van der Waals surface area contributed by atoms with Crippen molar-refractivity contribution in [1.82, 2.24) is 9.80 Å². The van der Waals surface area contributed by atoms with Crippen molar-refractivity contribution in [3.63, 3.8) is 0 Å². The Morgan fingerprint density at radius 1 is 1.05 bits per heavy atom. The molecule has 0 aromatic heterocycles. The second kappa shape index (κ2) is 15.0. The van der Waals surface area contributed by atoms with Gasteiger partial charge in [-0.3, -0.25) is 9.59 Å². The van der Waals surface area contributed by atoms with E-state index in [-0.39, 0.29) is 24.3 Å². The maximum absolute atomic E-state index is 13.6. The van der Waals surface area contributed by atoms with E-state index < -0.39 is 0 Å². The quantitative estimate of drug-likeness (QED) is 0.451. The molecule has 0 saturated heterocycles. The van der Waals surface area contributed by atoms with Crippen LogP contribution in [0.4, 0.5) is 0 Å². The molecule has 2 amide bonds. The molecule has 2 aromatic rings. The highest BCUT2D eigenvalue weighted by Crippen LogP contribution is 2.24. The van der Waals surface area contributed by atoms with Gasteiger partial charge in [-0.1, -0.05) is 68.6 Å². The van der Waals surface area contributed by atoms with Gasteiger partial charge in [0.1, 0.15) is 12.4 Å². The Hall–Kier alpha value is -2.57. The van der Waals surface area contributed by atoms with Crippen LogP contribution in [0.2, 0.25) is 5.02 Å². The maximum Gasteiger partial charge on any atom is 0.257 e. The molecule has 1 aliphatic rings. The number of amides is 2. The van der Waals surface area contributed by atoms with Crippen molar-refractivity contribution in [2.75, 3.05) is 40.0 Å². The lowest BCUT2D eigenvalue weighted by molar-refractivity contribution is -0.134. The van der Waals surface area contributed by atoms with Gasteiger partial charge in [-0.25, -0.2) is 0 Å². The fourth-order valence-corrected chi connectivity index (χ4v) is 5.03. The van der Waals surface area contributed by atoms with E-state index >= 15 is 0 Å². The van der Waals surface area contributed by atoms with Crippen LogP contribution in [-0.2, 0) is 16.0 Å². The van der Waals surface area contributed by atoms with Gasteiger partial charge in [0.25, 0.3) is 5.91 Å². The van der Waals surface area contributed by atoms with Crippen molar-refractivity contribution in [2.24, 2.45) is 5.92 Å². The number of carbonyl (C=O) groups excluding carboxylic acids is 2. The van der Waals surface area contributed by atoms with Gasteiger partial charge in [-0.05, 0) is 48.9 Å². The first-order chi connectivity index (χ1) is 17.9. The van der Waals surface area contributed by atoms with E-state index in [4.69, 9.17) is 21.1 Å². The van der Waals surface area contributed by atoms with E-state index in [9.17, 15) is 9.59 Å². The largest absolute Gasteiger partial charge is 0.491 e. The third kappa shape index (κ3) is 8.75. The molecular formula is C30H41ClN2O4. The van der Waals surface area contributed by atoms with E-state index in [1.165, 1.54) is 0 Å². The molecule has 1 heterocycles. The van der Waals surface area contributed by atoms with Crippen molar-refractivity contribution >= 4 is 23.4 Å². The van der Waals surface area contributed by atoms with Gasteiger partial charge in [0.05, 0.1) is 24.6 Å². The van der Waals surface area contributed by atoms with Gasteiger partial charge >= 0.3 is 0 Å². The van der Waals surface area contributed by atoms with Gasteiger partial charge < -0.3 is 19.3 Å². The van der Waals surface area contributed by atoms with Crippen LogP contribution in [0.1, 0.15) is 61.9 Å². The number of nitrogens with zero attached hydrogens (tertiary/aromatic N) is 2. The second-order valence-corrected chi connectivity index (χ2v) is 10.6. The van der Waals surface area contributed by atoms with E-state index in [0.29, 0.717) is 55.1 Å². The lowest BCUT2D eigenvalue weighted by atomic mass is 10.0. The van der Waals surface area contributed by atoms with Gasteiger partial charge in [0.2, 0.25) is 5.91 Å². The molecule has 0 spiro atoms. The van der Waals surface area contributed by atoms with Crippen LogP contribution in [0.25, 0.3) is 0 Å². The van der Waals surface area contributed by atoms with Crippen molar-refractivity contribution in [2.45, 2.75) is 58.4 Å². The molecule has 7 heteroatoms. The van der Waals surface area contributed by atoms with Crippen molar-refractivity contribution < 1.29 is 19.1 Å². The lowest BCUT2D eigenvalue weighted by Gasteiger charge is -2.34. The summed E-state index contributed by atoms with van der Waals surface area (Å²) in [6.45, 7) is 7.03. The van der Waals surface area contributed by atoms with Crippen LogP contribution in [0.5, 0.6) is 5.75 Å². The van der Waals surface area contributed by atoms with Crippen LogP contribution in [0.3, 0.4) is 0 Å². The molecule has 2 aromatic carbocycles. The highest BCUT2D eigenvalue weighted by molar-refractivity contribution is 6.31. The number of methoxy groups -OCH3 is 1. The van der Waals surface area contributed by atoms with E-state index in [1.54, 1.807) is 7.11 Å². The SMILES string of the molecule is COCCN1CCCCCCN(C(=O)Cc2ccccc2Cl)[C@@H](CC(C)C)COc2ccccc2C1=O. The van der Waals surface area contributed by atoms with E-state index in [0.717, 1.165) is 37.7 Å². The van der Waals surface area contributed by atoms with Gasteiger partial charge in [-0.15, -0.1) is 0 Å².